The van der Waals surface area contributed by atoms with E-state index in [2.05, 4.69) is 34.1 Å². The summed E-state index contributed by atoms with van der Waals surface area (Å²) in [5.74, 6) is 2.60. The molecule has 2 aliphatic heterocycles. The fourth-order valence-electron chi connectivity index (χ4n) is 3.27. The predicted octanol–water partition coefficient (Wildman–Crippen LogP) is 2.94. The minimum absolute atomic E-state index is 0.152. The molecule has 2 fully saturated rings. The standard InChI is InChI=1S/C19H21N3OS2/c23-18(15-1-3-16(4-2-15)19-24-13-14-25-19)22-11-9-21(10-12-22)17-5-7-20-8-6-17/h1-8,19H,9-14H2/p+1. The summed E-state index contributed by atoms with van der Waals surface area (Å²) in [6.07, 6.45) is 3.88. The van der Waals surface area contributed by atoms with Crippen LogP contribution in [0.25, 0.3) is 0 Å². The smallest absolute Gasteiger partial charge is 0.253 e. The van der Waals surface area contributed by atoms with Crippen LogP contribution in [0, 0.1) is 0 Å². The second-order valence-corrected chi connectivity index (χ2v) is 8.96. The Kier molecular flexibility index (Phi) is 5.17. The molecule has 2 aromatic rings. The average Bonchev–Trinajstić information content (AvgIpc) is 3.23. The minimum atomic E-state index is 0.152. The van der Waals surface area contributed by atoms with Gasteiger partial charge in [0.2, 0.25) is 0 Å². The first-order valence-corrected chi connectivity index (χ1v) is 10.7. The van der Waals surface area contributed by atoms with Gasteiger partial charge in [0.25, 0.3) is 5.91 Å². The molecule has 0 spiro atoms. The van der Waals surface area contributed by atoms with Crippen molar-refractivity contribution in [1.82, 2.24) is 4.90 Å². The molecule has 0 atom stereocenters. The number of aromatic nitrogens is 1. The fourth-order valence-corrected chi connectivity index (χ4v) is 6.13. The van der Waals surface area contributed by atoms with Gasteiger partial charge in [-0.15, -0.1) is 23.5 Å². The lowest BCUT2D eigenvalue weighted by Crippen LogP contribution is -2.48. The highest BCUT2D eigenvalue weighted by atomic mass is 32.2. The summed E-state index contributed by atoms with van der Waals surface area (Å²) in [7, 11) is 0. The van der Waals surface area contributed by atoms with Gasteiger partial charge in [-0.1, -0.05) is 12.1 Å². The molecule has 1 N–H and O–H groups in total. The van der Waals surface area contributed by atoms with Crippen LogP contribution in [-0.2, 0) is 0 Å². The van der Waals surface area contributed by atoms with Gasteiger partial charge in [-0.2, -0.15) is 0 Å². The number of benzene rings is 1. The maximum absolute atomic E-state index is 12.8. The van der Waals surface area contributed by atoms with Crippen LogP contribution in [0.1, 0.15) is 20.5 Å². The second kappa shape index (κ2) is 7.70. The maximum atomic E-state index is 12.8. The van der Waals surface area contributed by atoms with Gasteiger partial charge >= 0.3 is 0 Å². The number of aromatic amines is 1. The van der Waals surface area contributed by atoms with E-state index in [1.807, 2.05) is 53.0 Å². The molecule has 0 aliphatic carbocycles. The molecular weight excluding hydrogens is 350 g/mol. The van der Waals surface area contributed by atoms with E-state index in [0.717, 1.165) is 31.7 Å². The summed E-state index contributed by atoms with van der Waals surface area (Å²) in [6, 6.07) is 12.4. The van der Waals surface area contributed by atoms with Crippen LogP contribution in [-0.4, -0.2) is 48.5 Å². The van der Waals surface area contributed by atoms with E-state index in [4.69, 9.17) is 0 Å². The number of nitrogens with zero attached hydrogens (tertiary/aromatic N) is 2. The number of pyridine rings is 1. The molecule has 4 rings (SSSR count). The van der Waals surface area contributed by atoms with E-state index in [0.29, 0.717) is 4.58 Å². The zero-order valence-corrected chi connectivity index (χ0v) is 15.7. The zero-order valence-electron chi connectivity index (χ0n) is 14.1. The Morgan fingerprint density at radius 1 is 0.920 bits per heavy atom. The number of thioether (sulfide) groups is 2. The Hall–Kier alpha value is -1.66. The van der Waals surface area contributed by atoms with Crippen molar-refractivity contribution in [2.75, 3.05) is 42.6 Å². The first kappa shape index (κ1) is 16.8. The van der Waals surface area contributed by atoms with E-state index < -0.39 is 0 Å². The van der Waals surface area contributed by atoms with Gasteiger partial charge < -0.3 is 9.80 Å². The first-order valence-electron chi connectivity index (χ1n) is 8.65. The number of H-pyrrole nitrogens is 1. The molecular formula is C19H22N3OS2+. The van der Waals surface area contributed by atoms with Crippen molar-refractivity contribution in [3.05, 3.63) is 59.9 Å². The quantitative estimate of drug-likeness (QED) is 0.830. The van der Waals surface area contributed by atoms with Gasteiger partial charge in [0.05, 0.1) is 4.58 Å². The van der Waals surface area contributed by atoms with E-state index in [-0.39, 0.29) is 5.91 Å². The average molecular weight is 373 g/mol. The Balaban J connectivity index is 1.37. The number of piperazine rings is 1. The number of carbonyl (C=O) groups is 1. The van der Waals surface area contributed by atoms with Crippen LogP contribution in [0.2, 0.25) is 0 Å². The largest absolute Gasteiger partial charge is 0.368 e. The number of anilines is 1. The van der Waals surface area contributed by atoms with Crippen LogP contribution in [0.4, 0.5) is 5.69 Å². The molecule has 4 nitrogen and oxygen atoms in total. The van der Waals surface area contributed by atoms with Crippen molar-refractivity contribution >= 4 is 35.1 Å². The van der Waals surface area contributed by atoms with Crippen molar-refractivity contribution in [1.29, 1.82) is 0 Å². The number of hydrogen-bond acceptors (Lipinski definition) is 4. The highest BCUT2D eigenvalue weighted by Gasteiger charge is 2.23. The lowest BCUT2D eigenvalue weighted by molar-refractivity contribution is -0.377. The van der Waals surface area contributed by atoms with Crippen LogP contribution in [0.15, 0.2) is 48.8 Å². The highest BCUT2D eigenvalue weighted by molar-refractivity contribution is 8.19. The van der Waals surface area contributed by atoms with E-state index in [1.165, 1.54) is 22.8 Å². The van der Waals surface area contributed by atoms with E-state index in [1.54, 1.807) is 0 Å². The first-order chi connectivity index (χ1) is 12.3. The van der Waals surface area contributed by atoms with Gasteiger partial charge in [-0.05, 0) is 17.7 Å². The molecule has 130 valence electrons. The highest BCUT2D eigenvalue weighted by Crippen LogP contribution is 2.45. The van der Waals surface area contributed by atoms with Crippen LogP contribution in [0.3, 0.4) is 0 Å². The lowest BCUT2D eigenvalue weighted by atomic mass is 10.1. The molecule has 6 heteroatoms. The third-order valence-corrected chi connectivity index (χ3v) is 7.79. The van der Waals surface area contributed by atoms with E-state index >= 15 is 0 Å². The third kappa shape index (κ3) is 3.80. The number of rotatable bonds is 3. The van der Waals surface area contributed by atoms with Gasteiger partial charge in [0, 0.05) is 61.1 Å². The summed E-state index contributed by atoms with van der Waals surface area (Å²) in [6.45, 7) is 3.30. The monoisotopic (exact) mass is 372 g/mol. The van der Waals surface area contributed by atoms with Gasteiger partial charge in [0.1, 0.15) is 0 Å². The zero-order chi connectivity index (χ0) is 17.1. The molecule has 3 heterocycles. The molecule has 1 amide bonds. The number of nitrogens with one attached hydrogen (secondary N) is 1. The minimum Gasteiger partial charge on any atom is -0.368 e. The van der Waals surface area contributed by atoms with E-state index in [9.17, 15) is 4.79 Å². The van der Waals surface area contributed by atoms with Crippen molar-refractivity contribution in [2.24, 2.45) is 0 Å². The molecule has 0 saturated carbocycles. The summed E-state index contributed by atoms with van der Waals surface area (Å²) in [5, 5.41) is 0. The summed E-state index contributed by atoms with van der Waals surface area (Å²) in [5.41, 5.74) is 3.34. The molecule has 0 bridgehead atoms. The number of carbonyl (C=O) groups excluding carboxylic acids is 1. The van der Waals surface area contributed by atoms with Gasteiger partial charge in [-0.3, -0.25) is 4.79 Å². The van der Waals surface area contributed by atoms with Crippen LogP contribution in [0.5, 0.6) is 0 Å². The van der Waals surface area contributed by atoms with Crippen molar-refractivity contribution in [2.45, 2.75) is 4.58 Å². The topological polar surface area (TPSA) is 37.7 Å². The number of hydrogen-bond donors (Lipinski definition) is 0. The van der Waals surface area contributed by atoms with Crippen LogP contribution >= 0.6 is 23.5 Å². The summed E-state index contributed by atoms with van der Waals surface area (Å²) >= 11 is 3.99. The Morgan fingerprint density at radius 3 is 2.20 bits per heavy atom. The molecule has 25 heavy (non-hydrogen) atoms. The van der Waals surface area contributed by atoms with Crippen LogP contribution < -0.4 is 9.88 Å². The molecule has 0 unspecified atom stereocenters. The van der Waals surface area contributed by atoms with Crippen molar-refractivity contribution < 1.29 is 9.78 Å². The predicted molar refractivity (Wildman–Crippen MR) is 105 cm³/mol. The third-order valence-electron chi connectivity index (χ3n) is 4.68. The second-order valence-electron chi connectivity index (χ2n) is 6.23. The summed E-state index contributed by atoms with van der Waals surface area (Å²) < 4.78 is 0.538. The number of amides is 1. The molecule has 1 aromatic heterocycles. The normalized spacial score (nSPS) is 18.6. The Labute approximate surface area is 157 Å². The molecule has 0 radical (unpaired) electrons. The lowest BCUT2D eigenvalue weighted by Gasteiger charge is -2.35. The SMILES string of the molecule is O=C(c1ccc(C2SCCS2)cc1)N1CCN(c2cc[nH+]cc2)CC1. The van der Waals surface area contributed by atoms with Crippen molar-refractivity contribution in [3.63, 3.8) is 0 Å². The summed E-state index contributed by atoms with van der Waals surface area (Å²) in [4.78, 5) is 20.1. The Bertz CT molecular complexity index is 709. The Morgan fingerprint density at radius 2 is 1.56 bits per heavy atom. The van der Waals surface area contributed by atoms with Gasteiger partial charge in [0.15, 0.2) is 12.4 Å². The van der Waals surface area contributed by atoms with Crippen molar-refractivity contribution in [3.8, 4) is 0 Å². The fraction of sp³-hybridized carbons (Fsp3) is 0.368. The maximum Gasteiger partial charge on any atom is 0.253 e. The molecule has 1 aromatic carbocycles. The molecule has 2 aliphatic rings. The van der Waals surface area contributed by atoms with Gasteiger partial charge in [-0.25, -0.2) is 4.98 Å². The molecule has 2 saturated heterocycles.